The molecule has 1 heterocycles. The standard InChI is InChI=1S/C20H22ClNO5/c1-3-7-25-19-15(21)9-14(10-18(19)24-4-2)20(23)22-11-13-5-6-16-17(8-13)27-12-26-16/h5-6,8-10H,3-4,7,11-12H2,1-2H3,(H,22,23). The summed E-state index contributed by atoms with van der Waals surface area (Å²) in [5.74, 6) is 2.07. The van der Waals surface area contributed by atoms with Crippen LogP contribution in [-0.4, -0.2) is 25.9 Å². The van der Waals surface area contributed by atoms with Crippen LogP contribution >= 0.6 is 11.6 Å². The average molecular weight is 392 g/mol. The summed E-state index contributed by atoms with van der Waals surface area (Å²) in [6.07, 6.45) is 0.847. The molecule has 1 N–H and O–H groups in total. The minimum atomic E-state index is -0.252. The molecule has 0 atom stereocenters. The molecule has 0 bridgehead atoms. The Morgan fingerprint density at radius 2 is 1.96 bits per heavy atom. The fourth-order valence-corrected chi connectivity index (χ4v) is 2.91. The summed E-state index contributed by atoms with van der Waals surface area (Å²) in [5.41, 5.74) is 1.32. The number of rotatable bonds is 8. The van der Waals surface area contributed by atoms with Gasteiger partial charge in [0.15, 0.2) is 23.0 Å². The molecule has 6 nitrogen and oxygen atoms in total. The fraction of sp³-hybridized carbons (Fsp3) is 0.350. The van der Waals surface area contributed by atoms with E-state index in [9.17, 15) is 4.79 Å². The number of amides is 1. The second kappa shape index (κ2) is 8.86. The third-order valence-corrected chi connectivity index (χ3v) is 4.19. The highest BCUT2D eigenvalue weighted by Crippen LogP contribution is 2.37. The lowest BCUT2D eigenvalue weighted by molar-refractivity contribution is 0.0950. The van der Waals surface area contributed by atoms with Gasteiger partial charge in [-0.1, -0.05) is 24.6 Å². The Balaban J connectivity index is 1.72. The van der Waals surface area contributed by atoms with Crippen molar-refractivity contribution in [2.24, 2.45) is 0 Å². The van der Waals surface area contributed by atoms with Crippen molar-refractivity contribution in [2.45, 2.75) is 26.8 Å². The van der Waals surface area contributed by atoms with Gasteiger partial charge >= 0.3 is 0 Å². The van der Waals surface area contributed by atoms with E-state index in [1.807, 2.05) is 32.0 Å². The minimum absolute atomic E-state index is 0.219. The van der Waals surface area contributed by atoms with Crippen LogP contribution in [-0.2, 0) is 6.54 Å². The van der Waals surface area contributed by atoms with Crippen LogP contribution in [0.25, 0.3) is 0 Å². The summed E-state index contributed by atoms with van der Waals surface area (Å²) in [6, 6.07) is 8.80. The van der Waals surface area contributed by atoms with Gasteiger partial charge in [0, 0.05) is 12.1 Å². The quantitative estimate of drug-likeness (QED) is 0.731. The third kappa shape index (κ3) is 4.57. The van der Waals surface area contributed by atoms with Crippen molar-refractivity contribution in [1.29, 1.82) is 0 Å². The van der Waals surface area contributed by atoms with Gasteiger partial charge in [-0.25, -0.2) is 0 Å². The normalized spacial score (nSPS) is 12.0. The average Bonchev–Trinajstić information content (AvgIpc) is 3.13. The number of carbonyl (C=O) groups excluding carboxylic acids is 1. The van der Waals surface area contributed by atoms with Gasteiger partial charge in [0.25, 0.3) is 5.91 Å². The van der Waals surface area contributed by atoms with Crippen LogP contribution in [0.2, 0.25) is 5.02 Å². The van der Waals surface area contributed by atoms with Crippen molar-refractivity contribution in [3.63, 3.8) is 0 Å². The smallest absolute Gasteiger partial charge is 0.251 e. The Labute approximate surface area is 163 Å². The monoisotopic (exact) mass is 391 g/mol. The summed E-state index contributed by atoms with van der Waals surface area (Å²) in [6.45, 7) is 5.41. The highest BCUT2D eigenvalue weighted by atomic mass is 35.5. The Morgan fingerprint density at radius 1 is 1.15 bits per heavy atom. The molecule has 0 aromatic heterocycles. The van der Waals surface area contributed by atoms with Crippen LogP contribution in [0, 0.1) is 0 Å². The molecule has 0 unspecified atom stereocenters. The van der Waals surface area contributed by atoms with E-state index in [2.05, 4.69) is 5.32 Å². The van der Waals surface area contributed by atoms with Crippen LogP contribution in [0.15, 0.2) is 30.3 Å². The number of hydrogen-bond donors (Lipinski definition) is 1. The SMILES string of the molecule is CCCOc1c(Cl)cc(C(=O)NCc2ccc3c(c2)OCO3)cc1OCC. The number of ether oxygens (including phenoxy) is 4. The zero-order chi connectivity index (χ0) is 19.2. The molecule has 2 aromatic rings. The Bertz CT molecular complexity index is 824. The first kappa shape index (κ1) is 19.2. The molecular formula is C20H22ClNO5. The van der Waals surface area contributed by atoms with Crippen LogP contribution in [0.1, 0.15) is 36.2 Å². The predicted octanol–water partition coefficient (Wildman–Crippen LogP) is 4.19. The van der Waals surface area contributed by atoms with E-state index < -0.39 is 0 Å². The molecule has 1 amide bonds. The van der Waals surface area contributed by atoms with E-state index in [-0.39, 0.29) is 12.7 Å². The number of fused-ring (bicyclic) bond motifs is 1. The molecule has 0 saturated carbocycles. The van der Waals surface area contributed by atoms with Crippen molar-refractivity contribution in [1.82, 2.24) is 5.32 Å². The first-order valence-corrected chi connectivity index (χ1v) is 9.26. The lowest BCUT2D eigenvalue weighted by atomic mass is 10.1. The van der Waals surface area contributed by atoms with Crippen molar-refractivity contribution in [2.75, 3.05) is 20.0 Å². The van der Waals surface area contributed by atoms with E-state index in [1.165, 1.54) is 0 Å². The first-order valence-electron chi connectivity index (χ1n) is 8.88. The van der Waals surface area contributed by atoms with Gasteiger partial charge in [-0.2, -0.15) is 0 Å². The molecule has 3 rings (SSSR count). The molecule has 0 fully saturated rings. The summed E-state index contributed by atoms with van der Waals surface area (Å²) >= 11 is 6.32. The molecule has 2 aromatic carbocycles. The highest BCUT2D eigenvalue weighted by Gasteiger charge is 2.17. The van der Waals surface area contributed by atoms with Crippen molar-refractivity contribution >= 4 is 17.5 Å². The molecule has 0 spiro atoms. The maximum Gasteiger partial charge on any atom is 0.251 e. The fourth-order valence-electron chi connectivity index (χ4n) is 2.64. The van der Waals surface area contributed by atoms with Crippen molar-refractivity contribution in [3.05, 3.63) is 46.5 Å². The molecule has 1 aliphatic heterocycles. The largest absolute Gasteiger partial charge is 0.490 e. The molecule has 7 heteroatoms. The zero-order valence-electron chi connectivity index (χ0n) is 15.3. The Morgan fingerprint density at radius 3 is 2.74 bits per heavy atom. The van der Waals surface area contributed by atoms with E-state index in [1.54, 1.807) is 12.1 Å². The summed E-state index contributed by atoms with van der Waals surface area (Å²) in [4.78, 5) is 12.6. The molecular weight excluding hydrogens is 370 g/mol. The highest BCUT2D eigenvalue weighted by molar-refractivity contribution is 6.32. The molecule has 144 valence electrons. The van der Waals surface area contributed by atoms with E-state index >= 15 is 0 Å². The van der Waals surface area contributed by atoms with Gasteiger partial charge in [0.05, 0.1) is 18.2 Å². The maximum absolute atomic E-state index is 12.6. The third-order valence-electron chi connectivity index (χ3n) is 3.91. The van der Waals surface area contributed by atoms with Gasteiger partial charge in [0.1, 0.15) is 0 Å². The number of nitrogens with one attached hydrogen (secondary N) is 1. The zero-order valence-corrected chi connectivity index (χ0v) is 16.1. The van der Waals surface area contributed by atoms with Gasteiger partial charge < -0.3 is 24.3 Å². The van der Waals surface area contributed by atoms with Crippen LogP contribution in [0.3, 0.4) is 0 Å². The van der Waals surface area contributed by atoms with E-state index in [4.69, 9.17) is 30.5 Å². The first-order chi connectivity index (χ1) is 13.1. The molecule has 0 radical (unpaired) electrons. The van der Waals surface area contributed by atoms with Gasteiger partial charge in [-0.3, -0.25) is 4.79 Å². The summed E-state index contributed by atoms with van der Waals surface area (Å²) < 4.78 is 21.9. The van der Waals surface area contributed by atoms with Gasteiger partial charge in [0.2, 0.25) is 6.79 Å². The van der Waals surface area contributed by atoms with Crippen LogP contribution in [0.4, 0.5) is 0 Å². The lowest BCUT2D eigenvalue weighted by Gasteiger charge is -2.15. The number of benzene rings is 2. The minimum Gasteiger partial charge on any atom is -0.490 e. The summed E-state index contributed by atoms with van der Waals surface area (Å²) in [7, 11) is 0. The Kier molecular flexibility index (Phi) is 6.29. The molecule has 1 aliphatic rings. The molecule has 0 aliphatic carbocycles. The maximum atomic E-state index is 12.6. The number of hydrogen-bond acceptors (Lipinski definition) is 5. The second-order valence-electron chi connectivity index (χ2n) is 5.94. The summed E-state index contributed by atoms with van der Waals surface area (Å²) in [5, 5.41) is 3.22. The van der Waals surface area contributed by atoms with Gasteiger partial charge in [-0.05, 0) is 43.2 Å². The van der Waals surface area contributed by atoms with Crippen LogP contribution < -0.4 is 24.3 Å². The Hall–Kier alpha value is -2.60. The van der Waals surface area contributed by atoms with Crippen molar-refractivity contribution in [3.8, 4) is 23.0 Å². The molecule has 0 saturated heterocycles. The van der Waals surface area contributed by atoms with Crippen molar-refractivity contribution < 1.29 is 23.7 Å². The second-order valence-corrected chi connectivity index (χ2v) is 6.34. The van der Waals surface area contributed by atoms with Gasteiger partial charge in [-0.15, -0.1) is 0 Å². The molecule has 27 heavy (non-hydrogen) atoms. The topological polar surface area (TPSA) is 66.0 Å². The van der Waals surface area contributed by atoms with Crippen LogP contribution in [0.5, 0.6) is 23.0 Å². The van der Waals surface area contributed by atoms with E-state index in [0.717, 1.165) is 12.0 Å². The van der Waals surface area contributed by atoms with E-state index in [0.29, 0.717) is 53.3 Å². The lowest BCUT2D eigenvalue weighted by Crippen LogP contribution is -2.23. The number of carbonyl (C=O) groups is 1. The predicted molar refractivity (Wildman–Crippen MR) is 102 cm³/mol. The number of halogens is 1.